The SMILES string of the molecule is CCCn1c(C)c(C)c2c(F)cnc(N3CCc4ccccc4C3)c21. The highest BCUT2D eigenvalue weighted by Gasteiger charge is 2.24. The largest absolute Gasteiger partial charge is 0.350 e. The summed E-state index contributed by atoms with van der Waals surface area (Å²) in [6.07, 6.45) is 3.41. The molecular formula is C21H24FN3. The summed E-state index contributed by atoms with van der Waals surface area (Å²) in [6, 6.07) is 8.57. The van der Waals surface area contributed by atoms with Gasteiger partial charge < -0.3 is 9.47 Å². The molecule has 0 N–H and O–H groups in total. The number of hydrogen-bond acceptors (Lipinski definition) is 2. The van der Waals surface area contributed by atoms with E-state index in [0.29, 0.717) is 0 Å². The highest BCUT2D eigenvalue weighted by molar-refractivity contribution is 5.94. The molecule has 0 saturated carbocycles. The smallest absolute Gasteiger partial charge is 0.153 e. The molecule has 25 heavy (non-hydrogen) atoms. The molecule has 4 rings (SSSR count). The molecule has 1 aliphatic rings. The second-order valence-electron chi connectivity index (χ2n) is 6.96. The van der Waals surface area contributed by atoms with Crippen molar-refractivity contribution in [2.24, 2.45) is 0 Å². The first-order valence-electron chi connectivity index (χ1n) is 9.07. The predicted molar refractivity (Wildman–Crippen MR) is 101 cm³/mol. The summed E-state index contributed by atoms with van der Waals surface area (Å²) in [5.41, 5.74) is 5.88. The maximum Gasteiger partial charge on any atom is 0.153 e. The molecule has 0 spiro atoms. The van der Waals surface area contributed by atoms with Crippen molar-refractivity contribution in [3.05, 3.63) is 58.7 Å². The van der Waals surface area contributed by atoms with Gasteiger partial charge in [0, 0.05) is 30.7 Å². The average Bonchev–Trinajstić information content (AvgIpc) is 2.88. The van der Waals surface area contributed by atoms with Crippen molar-refractivity contribution < 1.29 is 4.39 Å². The number of rotatable bonds is 3. The van der Waals surface area contributed by atoms with Crippen LogP contribution in [0.25, 0.3) is 10.9 Å². The molecule has 1 aliphatic heterocycles. The molecule has 3 aromatic rings. The fourth-order valence-corrected chi connectivity index (χ4v) is 4.04. The van der Waals surface area contributed by atoms with E-state index in [1.807, 2.05) is 6.92 Å². The van der Waals surface area contributed by atoms with Crippen LogP contribution in [-0.4, -0.2) is 16.1 Å². The van der Waals surface area contributed by atoms with Crippen molar-refractivity contribution in [1.82, 2.24) is 9.55 Å². The molecule has 0 aliphatic carbocycles. The number of hydrogen-bond donors (Lipinski definition) is 0. The lowest BCUT2D eigenvalue weighted by Crippen LogP contribution is -2.31. The Balaban J connectivity index is 1.88. The minimum atomic E-state index is -0.216. The maximum absolute atomic E-state index is 14.6. The van der Waals surface area contributed by atoms with E-state index < -0.39 is 0 Å². The molecule has 0 fully saturated rings. The van der Waals surface area contributed by atoms with Gasteiger partial charge in [-0.15, -0.1) is 0 Å². The Morgan fingerprint density at radius 2 is 1.92 bits per heavy atom. The van der Waals surface area contributed by atoms with Crippen LogP contribution in [0.15, 0.2) is 30.5 Å². The van der Waals surface area contributed by atoms with Gasteiger partial charge in [0.15, 0.2) is 11.6 Å². The third-order valence-electron chi connectivity index (χ3n) is 5.46. The summed E-state index contributed by atoms with van der Waals surface area (Å²) in [5.74, 6) is 0.696. The van der Waals surface area contributed by atoms with Crippen LogP contribution in [0.1, 0.15) is 35.7 Å². The molecule has 130 valence electrons. The Labute approximate surface area is 148 Å². The monoisotopic (exact) mass is 337 g/mol. The van der Waals surface area contributed by atoms with Crippen LogP contribution in [0.4, 0.5) is 10.2 Å². The van der Waals surface area contributed by atoms with Gasteiger partial charge in [0.05, 0.1) is 11.7 Å². The zero-order valence-electron chi connectivity index (χ0n) is 15.1. The van der Waals surface area contributed by atoms with Gasteiger partial charge in [-0.2, -0.15) is 0 Å². The third kappa shape index (κ3) is 2.51. The number of aromatic nitrogens is 2. The average molecular weight is 337 g/mol. The van der Waals surface area contributed by atoms with E-state index in [2.05, 4.69) is 52.6 Å². The van der Waals surface area contributed by atoms with Crippen LogP contribution in [0.5, 0.6) is 0 Å². The molecule has 1 aromatic carbocycles. The van der Waals surface area contributed by atoms with Crippen LogP contribution in [0.2, 0.25) is 0 Å². The van der Waals surface area contributed by atoms with Gasteiger partial charge in [0.1, 0.15) is 0 Å². The molecule has 0 amide bonds. The van der Waals surface area contributed by atoms with Crippen LogP contribution in [0.3, 0.4) is 0 Å². The normalized spacial score (nSPS) is 14.2. The van der Waals surface area contributed by atoms with Gasteiger partial charge in [0.2, 0.25) is 0 Å². The summed E-state index contributed by atoms with van der Waals surface area (Å²) in [7, 11) is 0. The third-order valence-corrected chi connectivity index (χ3v) is 5.46. The Morgan fingerprint density at radius 3 is 2.68 bits per heavy atom. The highest BCUT2D eigenvalue weighted by Crippen LogP contribution is 2.35. The maximum atomic E-state index is 14.6. The lowest BCUT2D eigenvalue weighted by atomic mass is 10.00. The number of nitrogens with zero attached hydrogens (tertiary/aromatic N) is 3. The van der Waals surface area contributed by atoms with Crippen LogP contribution >= 0.6 is 0 Å². The number of benzene rings is 1. The van der Waals surface area contributed by atoms with Crippen molar-refractivity contribution >= 4 is 16.7 Å². The van der Waals surface area contributed by atoms with Crippen molar-refractivity contribution in [3.8, 4) is 0 Å². The molecular weight excluding hydrogens is 313 g/mol. The number of fused-ring (bicyclic) bond motifs is 2. The Bertz CT molecular complexity index is 942. The van der Waals surface area contributed by atoms with E-state index in [4.69, 9.17) is 0 Å². The second-order valence-corrected chi connectivity index (χ2v) is 6.96. The van der Waals surface area contributed by atoms with Gasteiger partial charge in [-0.3, -0.25) is 0 Å². The first-order chi connectivity index (χ1) is 12.1. The molecule has 0 radical (unpaired) electrons. The lowest BCUT2D eigenvalue weighted by molar-refractivity contribution is 0.629. The summed E-state index contributed by atoms with van der Waals surface area (Å²) < 4.78 is 16.8. The molecule has 0 bridgehead atoms. The van der Waals surface area contributed by atoms with Gasteiger partial charge in [-0.1, -0.05) is 31.2 Å². The first-order valence-corrected chi connectivity index (χ1v) is 9.07. The van der Waals surface area contributed by atoms with Crippen LogP contribution < -0.4 is 4.90 Å². The zero-order chi connectivity index (χ0) is 17.6. The number of pyridine rings is 1. The molecule has 0 atom stereocenters. The van der Waals surface area contributed by atoms with Crippen LogP contribution in [0, 0.1) is 19.7 Å². The molecule has 3 heterocycles. The van der Waals surface area contributed by atoms with Gasteiger partial charge in [-0.25, -0.2) is 9.37 Å². The van der Waals surface area contributed by atoms with Gasteiger partial charge in [0.25, 0.3) is 0 Å². The fourth-order valence-electron chi connectivity index (χ4n) is 4.04. The first kappa shape index (κ1) is 16.1. The van der Waals surface area contributed by atoms with E-state index >= 15 is 0 Å². The van der Waals surface area contributed by atoms with Crippen molar-refractivity contribution in [3.63, 3.8) is 0 Å². The topological polar surface area (TPSA) is 21.1 Å². The summed E-state index contributed by atoms with van der Waals surface area (Å²) in [5, 5.41) is 0.731. The summed E-state index contributed by atoms with van der Waals surface area (Å²) in [6.45, 7) is 8.89. The Kier molecular flexibility index (Phi) is 3.98. The van der Waals surface area contributed by atoms with E-state index in [-0.39, 0.29) is 5.82 Å². The number of anilines is 1. The zero-order valence-corrected chi connectivity index (χ0v) is 15.1. The molecule has 0 unspecified atom stereocenters. The minimum Gasteiger partial charge on any atom is -0.350 e. The second kappa shape index (κ2) is 6.17. The van der Waals surface area contributed by atoms with E-state index in [1.54, 1.807) is 0 Å². The van der Waals surface area contributed by atoms with Gasteiger partial charge >= 0.3 is 0 Å². The van der Waals surface area contributed by atoms with E-state index in [9.17, 15) is 4.39 Å². The standard InChI is InChI=1S/C21H24FN3/c1-4-10-25-15(3)14(2)19-18(22)12-23-21(20(19)25)24-11-9-16-7-5-6-8-17(16)13-24/h5-8,12H,4,9-11,13H2,1-3H3. The molecule has 0 saturated heterocycles. The Morgan fingerprint density at radius 1 is 1.16 bits per heavy atom. The van der Waals surface area contributed by atoms with Gasteiger partial charge in [-0.05, 0) is 43.4 Å². The van der Waals surface area contributed by atoms with E-state index in [1.165, 1.54) is 17.3 Å². The molecule has 4 heteroatoms. The summed E-state index contributed by atoms with van der Waals surface area (Å²) >= 11 is 0. The van der Waals surface area contributed by atoms with E-state index in [0.717, 1.165) is 60.5 Å². The number of halogens is 1. The van der Waals surface area contributed by atoms with Crippen molar-refractivity contribution in [2.75, 3.05) is 11.4 Å². The molecule has 3 nitrogen and oxygen atoms in total. The predicted octanol–water partition coefficient (Wildman–Crippen LogP) is 4.76. The fraction of sp³-hybridized carbons (Fsp3) is 0.381. The number of aryl methyl sites for hydroxylation is 2. The molecule has 2 aromatic heterocycles. The highest BCUT2D eigenvalue weighted by atomic mass is 19.1. The van der Waals surface area contributed by atoms with Crippen molar-refractivity contribution in [2.45, 2.75) is 46.7 Å². The lowest BCUT2D eigenvalue weighted by Gasteiger charge is -2.30. The van der Waals surface area contributed by atoms with Crippen molar-refractivity contribution in [1.29, 1.82) is 0 Å². The Hall–Kier alpha value is -2.36. The quantitative estimate of drug-likeness (QED) is 0.687. The minimum absolute atomic E-state index is 0.216. The van der Waals surface area contributed by atoms with Crippen LogP contribution in [-0.2, 0) is 19.5 Å². The summed E-state index contributed by atoms with van der Waals surface area (Å²) in [4.78, 5) is 6.83.